The van der Waals surface area contributed by atoms with Gasteiger partial charge in [0.05, 0.1) is 7.11 Å². The average molecular weight is 778 g/mol. The summed E-state index contributed by atoms with van der Waals surface area (Å²) in [5.41, 5.74) is 13.0. The highest BCUT2D eigenvalue weighted by Crippen LogP contribution is 2.11. The monoisotopic (exact) mass is 777 g/mol. The zero-order chi connectivity index (χ0) is 40.9. The lowest BCUT2D eigenvalue weighted by molar-refractivity contribution is -0.144. The number of methoxy groups -OCH3 is 1. The largest absolute Gasteiger partial charge is 0.467 e. The fourth-order valence-corrected chi connectivity index (χ4v) is 3.99. The molecule has 0 saturated carbocycles. The maximum Gasteiger partial charge on any atom is 0.330 e. The Labute approximate surface area is 329 Å². The van der Waals surface area contributed by atoms with E-state index in [4.69, 9.17) is 26.9 Å². The number of hydrogen-bond donors (Lipinski definition) is 10. The number of aliphatic hydroxyl groups excluding tert-OH is 4. The van der Waals surface area contributed by atoms with Gasteiger partial charge in [-0.15, -0.1) is 0 Å². The van der Waals surface area contributed by atoms with Gasteiger partial charge in [0, 0.05) is 59.4 Å². The molecule has 2 rings (SSSR count). The summed E-state index contributed by atoms with van der Waals surface area (Å²) in [4.78, 5) is 48.2. The first-order valence-corrected chi connectivity index (χ1v) is 16.4. The van der Waals surface area contributed by atoms with Crippen LogP contribution < -0.4 is 27.6 Å². The molecule has 2 aromatic carbocycles. The summed E-state index contributed by atoms with van der Waals surface area (Å²) in [6.07, 6.45) is -1.51. The van der Waals surface area contributed by atoms with E-state index in [1.54, 1.807) is 64.1 Å². The number of carbonyl (C=O) groups is 4. The van der Waals surface area contributed by atoms with Gasteiger partial charge in [-0.2, -0.15) is 0 Å². The molecule has 15 nitrogen and oxygen atoms in total. The predicted octanol–water partition coefficient (Wildman–Crippen LogP) is 0.192. The number of rotatable bonds is 12. The minimum absolute atomic E-state index is 0. The Balaban J connectivity index is 0. The van der Waals surface area contributed by atoms with Crippen LogP contribution in [0.2, 0.25) is 0 Å². The van der Waals surface area contributed by atoms with Crippen LogP contribution >= 0.6 is 0 Å². The molecule has 0 spiro atoms. The molecule has 0 unspecified atom stereocenters. The second-order valence-electron chi connectivity index (χ2n) is 12.7. The first-order chi connectivity index (χ1) is 25.4. The quantitative estimate of drug-likeness (QED) is 0.0600. The summed E-state index contributed by atoms with van der Waals surface area (Å²) in [5.74, 6) is 18.2. The Morgan fingerprint density at radius 3 is 1.34 bits per heavy atom. The lowest BCUT2D eigenvalue weighted by Crippen LogP contribution is -2.61. The smallest absolute Gasteiger partial charge is 0.330 e. The third-order valence-corrected chi connectivity index (χ3v) is 6.96. The normalized spacial score (nSPS) is 12.1. The number of nitrogens with two attached hydrogens (primary N) is 2. The summed E-state index contributed by atoms with van der Waals surface area (Å²) < 4.78 is 4.69. The number of hydrogen-bond acceptors (Lipinski definition) is 12. The summed E-state index contributed by atoms with van der Waals surface area (Å²) in [5, 5.41) is 49.8. The molecule has 0 fully saturated rings. The number of benzene rings is 2. The Hall–Kier alpha value is -5.72. The van der Waals surface area contributed by atoms with E-state index in [0.29, 0.717) is 16.7 Å². The van der Waals surface area contributed by atoms with Crippen molar-refractivity contribution in [3.8, 4) is 47.4 Å². The molecule has 4 atom stereocenters. The van der Waals surface area contributed by atoms with E-state index in [1.807, 2.05) is 0 Å². The van der Waals surface area contributed by atoms with E-state index in [9.17, 15) is 29.4 Å². The van der Waals surface area contributed by atoms with Crippen molar-refractivity contribution < 1.29 is 49.5 Å². The zero-order valence-electron chi connectivity index (χ0n) is 30.7. The van der Waals surface area contributed by atoms with Crippen molar-refractivity contribution in [2.24, 2.45) is 11.5 Å². The van der Waals surface area contributed by atoms with Gasteiger partial charge in [-0.3, -0.25) is 19.6 Å². The van der Waals surface area contributed by atoms with Gasteiger partial charge in [0.25, 0.3) is 17.7 Å². The van der Waals surface area contributed by atoms with Crippen molar-refractivity contribution in [2.45, 2.75) is 90.8 Å². The highest BCUT2D eigenvalue weighted by molar-refractivity contribution is 5.98. The van der Waals surface area contributed by atoms with Crippen molar-refractivity contribution in [3.63, 3.8) is 0 Å². The van der Waals surface area contributed by atoms with E-state index in [0.717, 1.165) is 0 Å². The molecule has 0 bridgehead atoms. The number of aliphatic hydroxyl groups is 4. The Morgan fingerprint density at radius 2 is 1.04 bits per heavy atom. The topological polar surface area (TPSA) is 267 Å². The molecule has 0 aliphatic carbocycles. The second kappa shape index (κ2) is 26.1. The van der Waals surface area contributed by atoms with Crippen LogP contribution in [0.3, 0.4) is 0 Å². The van der Waals surface area contributed by atoms with Gasteiger partial charge in [0.1, 0.15) is 24.3 Å². The van der Waals surface area contributed by atoms with Crippen LogP contribution in [0.5, 0.6) is 0 Å². The minimum atomic E-state index is -1.13. The molecule has 2 aromatic rings. The molecule has 15 heteroatoms. The molecule has 56 heavy (non-hydrogen) atoms. The third kappa shape index (κ3) is 19.6. The first-order valence-electron chi connectivity index (χ1n) is 16.4. The van der Waals surface area contributed by atoms with Crippen LogP contribution in [0.4, 0.5) is 0 Å². The Bertz CT molecular complexity index is 1690. The summed E-state index contributed by atoms with van der Waals surface area (Å²) in [7, 11) is 1.23. The molecular weight excluding hydrogens is 722 g/mol. The average Bonchev–Trinajstić information content (AvgIpc) is 3.12. The first kappa shape index (κ1) is 52.4. The molecule has 3 amide bonds. The number of ether oxygens (including phenoxy) is 1. The van der Waals surface area contributed by atoms with Crippen LogP contribution in [0.15, 0.2) is 48.5 Å². The van der Waals surface area contributed by atoms with Crippen LogP contribution in [-0.2, 0) is 14.3 Å². The van der Waals surface area contributed by atoms with Crippen molar-refractivity contribution >= 4 is 23.7 Å². The van der Waals surface area contributed by atoms with Crippen LogP contribution in [0.1, 0.15) is 87.2 Å². The molecule has 0 aliphatic rings. The van der Waals surface area contributed by atoms with Crippen LogP contribution in [0.25, 0.3) is 0 Å². The van der Waals surface area contributed by atoms with Gasteiger partial charge in [0.15, 0.2) is 0 Å². The van der Waals surface area contributed by atoms with Gasteiger partial charge in [-0.1, -0.05) is 38.5 Å². The predicted molar refractivity (Wildman–Crippen MR) is 212 cm³/mol. The minimum Gasteiger partial charge on any atom is -0.467 e. The molecule has 0 saturated heterocycles. The number of hydroxylamine groups is 1. The lowest BCUT2D eigenvalue weighted by Gasteiger charge is -2.29. The van der Waals surface area contributed by atoms with E-state index in [2.05, 4.69) is 62.7 Å². The van der Waals surface area contributed by atoms with Crippen molar-refractivity contribution in [1.82, 2.24) is 16.1 Å². The Morgan fingerprint density at radius 1 is 0.679 bits per heavy atom. The van der Waals surface area contributed by atoms with Crippen molar-refractivity contribution in [1.29, 1.82) is 0 Å². The second-order valence-corrected chi connectivity index (χ2v) is 12.7. The molecular formula is C41H55N5O10. The molecule has 12 N–H and O–H groups in total. The summed E-state index contributed by atoms with van der Waals surface area (Å²) >= 11 is 0. The molecule has 304 valence electrons. The fourth-order valence-electron chi connectivity index (χ4n) is 3.99. The fraction of sp³-hybridized carbons (Fsp3) is 0.415. The molecule has 0 heterocycles. The van der Waals surface area contributed by atoms with Gasteiger partial charge in [-0.25, -0.2) is 10.3 Å². The maximum atomic E-state index is 12.3. The van der Waals surface area contributed by atoms with Gasteiger partial charge in [-0.05, 0) is 99.9 Å². The van der Waals surface area contributed by atoms with Crippen molar-refractivity contribution in [2.75, 3.05) is 20.3 Å². The van der Waals surface area contributed by atoms with Gasteiger partial charge < -0.3 is 47.3 Å². The molecule has 0 aromatic heterocycles. The lowest BCUT2D eigenvalue weighted by atomic mass is 9.95. The molecule has 0 radical (unpaired) electrons. The molecule has 0 aliphatic heterocycles. The third-order valence-electron chi connectivity index (χ3n) is 6.96. The van der Waals surface area contributed by atoms with Crippen LogP contribution in [0, 0.1) is 47.4 Å². The summed E-state index contributed by atoms with van der Waals surface area (Å²) in [6.45, 7) is 6.02. The van der Waals surface area contributed by atoms with Gasteiger partial charge in [0.2, 0.25) is 0 Å². The maximum absolute atomic E-state index is 12.3. The Kier molecular flexibility index (Phi) is 24.5. The van der Waals surface area contributed by atoms with E-state index >= 15 is 0 Å². The van der Waals surface area contributed by atoms with E-state index in [1.165, 1.54) is 24.7 Å². The zero-order valence-corrected chi connectivity index (χ0v) is 30.7. The van der Waals surface area contributed by atoms with Gasteiger partial charge >= 0.3 is 5.97 Å². The standard InChI is InChI=1S/C20H24N2O5.C19H23N3O5.2CH4/c1-20(2,21)17(19(26)27-3)22-18(25)15-10-8-14(9-11-15)6-4-5-7-16(24)12-13-23;1-19(2,20)16(18(26)22-27)21-17(25)14-9-7-13(8-10-14)5-3-4-6-15(24)11-12-23;;/h8-11,16-17,23-24H,12-13,21H2,1-3H3,(H,22,25);7-10,15-16,23-24,27H,11-12,20H2,1-2H3,(H,21,25)(H,22,26);2*1H4/t16-,17-;15-,16-;;/m11../s1. The number of esters is 1. The summed E-state index contributed by atoms with van der Waals surface area (Å²) in [6, 6.07) is 10.5. The van der Waals surface area contributed by atoms with Crippen molar-refractivity contribution in [3.05, 3.63) is 70.8 Å². The van der Waals surface area contributed by atoms with E-state index < -0.39 is 59.1 Å². The van der Waals surface area contributed by atoms with Crippen LogP contribution in [-0.4, -0.2) is 105 Å². The SMILES string of the molecule is C.C.CC(C)(N)[C@H](NC(=O)c1ccc(C#CC#C[C@@H](O)CCO)cc1)C(=O)NO.COC(=O)[C@@H](NC(=O)c1ccc(C#CC#C[C@@H](O)CCO)cc1)C(C)(C)N. The van der Waals surface area contributed by atoms with E-state index in [-0.39, 0.29) is 46.5 Å². The highest BCUT2D eigenvalue weighted by Gasteiger charge is 2.35. The number of nitrogens with one attached hydrogen (secondary N) is 3. The number of amides is 3. The highest BCUT2D eigenvalue weighted by atomic mass is 16.5. The number of carbonyl (C=O) groups excluding carboxylic acids is 4.